The van der Waals surface area contributed by atoms with E-state index in [2.05, 4.69) is 0 Å². The molecule has 1 aliphatic rings. The molecule has 0 bridgehead atoms. The van der Waals surface area contributed by atoms with Crippen molar-refractivity contribution < 1.29 is 22.4 Å². The maximum Gasteiger partial charge on any atom is 0.416 e. The van der Waals surface area contributed by atoms with Crippen molar-refractivity contribution in [2.45, 2.75) is 6.18 Å². The molecule has 2 nitrogen and oxygen atoms in total. The summed E-state index contributed by atoms with van der Waals surface area (Å²) >= 11 is 6.08. The molecule has 1 amide bonds. The molecule has 1 heterocycles. The first-order chi connectivity index (χ1) is 11.8. The Hall–Kier alpha value is -2.19. The zero-order valence-electron chi connectivity index (χ0n) is 12.4. The lowest BCUT2D eigenvalue weighted by molar-refractivity contribution is -0.137. The number of rotatable bonds is 2. The molecule has 0 N–H and O–H groups in total. The molecular weight excluding hydrogens is 374 g/mol. The Kier molecular flexibility index (Phi) is 4.66. The normalized spacial score (nSPS) is 16.8. The summed E-state index contributed by atoms with van der Waals surface area (Å²) in [5.41, 5.74) is -0.363. The number of anilines is 1. The lowest BCUT2D eigenvalue weighted by Crippen LogP contribution is -2.27. The van der Waals surface area contributed by atoms with Crippen LogP contribution in [0.5, 0.6) is 0 Å². The molecule has 0 spiro atoms. The summed E-state index contributed by atoms with van der Waals surface area (Å²) in [6, 6.07) is 10.0. The van der Waals surface area contributed by atoms with Gasteiger partial charge in [0.05, 0.1) is 16.2 Å². The number of amides is 1. The van der Waals surface area contributed by atoms with E-state index in [9.17, 15) is 22.4 Å². The van der Waals surface area contributed by atoms with Crippen molar-refractivity contribution in [2.75, 3.05) is 4.90 Å². The van der Waals surface area contributed by atoms with Gasteiger partial charge in [-0.1, -0.05) is 42.2 Å². The minimum Gasteiger partial charge on any atom is -0.268 e. The van der Waals surface area contributed by atoms with E-state index in [4.69, 9.17) is 12.2 Å². The Morgan fingerprint density at radius 3 is 2.48 bits per heavy atom. The highest BCUT2D eigenvalue weighted by Crippen LogP contribution is 2.38. The highest BCUT2D eigenvalue weighted by molar-refractivity contribution is 8.27. The topological polar surface area (TPSA) is 20.3 Å². The van der Waals surface area contributed by atoms with E-state index in [-0.39, 0.29) is 14.9 Å². The van der Waals surface area contributed by atoms with E-state index in [1.165, 1.54) is 36.4 Å². The standard InChI is InChI=1S/C17H9F4NOS2/c18-12-5-1-3-10(7-12)8-14-15(23)22(16(24)25-14)13-6-2-4-11(9-13)17(19,20)21/h1-9H. The summed E-state index contributed by atoms with van der Waals surface area (Å²) in [5.74, 6) is -0.999. The van der Waals surface area contributed by atoms with E-state index < -0.39 is 23.5 Å². The molecule has 25 heavy (non-hydrogen) atoms. The zero-order chi connectivity index (χ0) is 18.2. The Labute approximate surface area is 150 Å². The molecule has 0 unspecified atom stereocenters. The molecular formula is C17H9F4NOS2. The van der Waals surface area contributed by atoms with Crippen molar-refractivity contribution in [1.82, 2.24) is 0 Å². The Morgan fingerprint density at radius 2 is 1.80 bits per heavy atom. The third-order valence-electron chi connectivity index (χ3n) is 3.37. The highest BCUT2D eigenvalue weighted by Gasteiger charge is 2.36. The van der Waals surface area contributed by atoms with E-state index in [0.717, 1.165) is 28.8 Å². The average molecular weight is 383 g/mol. The number of thioether (sulfide) groups is 1. The van der Waals surface area contributed by atoms with E-state index in [0.29, 0.717) is 5.56 Å². The van der Waals surface area contributed by atoms with Crippen molar-refractivity contribution in [2.24, 2.45) is 0 Å². The first-order valence-electron chi connectivity index (χ1n) is 6.96. The molecule has 8 heteroatoms. The highest BCUT2D eigenvalue weighted by atomic mass is 32.2. The van der Waals surface area contributed by atoms with Gasteiger partial charge in [0.1, 0.15) is 5.82 Å². The smallest absolute Gasteiger partial charge is 0.268 e. The number of hydrogen-bond donors (Lipinski definition) is 0. The molecule has 2 aromatic rings. The number of alkyl halides is 3. The fraction of sp³-hybridized carbons (Fsp3) is 0.0588. The van der Waals surface area contributed by atoms with Gasteiger partial charge in [-0.2, -0.15) is 13.2 Å². The van der Waals surface area contributed by atoms with Crippen LogP contribution in [-0.4, -0.2) is 10.2 Å². The largest absolute Gasteiger partial charge is 0.416 e. The van der Waals surface area contributed by atoms with Gasteiger partial charge in [0.25, 0.3) is 5.91 Å². The molecule has 0 atom stereocenters. The minimum absolute atomic E-state index is 0.0416. The SMILES string of the molecule is O=C1C(=Cc2cccc(F)c2)SC(=S)N1c1cccc(C(F)(F)F)c1. The number of halogens is 4. The van der Waals surface area contributed by atoms with Gasteiger partial charge >= 0.3 is 6.18 Å². The van der Waals surface area contributed by atoms with E-state index in [1.54, 1.807) is 6.07 Å². The summed E-state index contributed by atoms with van der Waals surface area (Å²) in [6.45, 7) is 0. The minimum atomic E-state index is -4.52. The van der Waals surface area contributed by atoms with Gasteiger partial charge in [-0.15, -0.1) is 0 Å². The number of carbonyl (C=O) groups is 1. The molecule has 1 saturated heterocycles. The predicted octanol–water partition coefficient (Wildman–Crippen LogP) is 5.25. The number of nitrogens with zero attached hydrogens (tertiary/aromatic N) is 1. The average Bonchev–Trinajstić information content (AvgIpc) is 2.81. The fourth-order valence-electron chi connectivity index (χ4n) is 2.26. The predicted molar refractivity (Wildman–Crippen MR) is 93.5 cm³/mol. The summed E-state index contributed by atoms with van der Waals surface area (Å²) in [4.78, 5) is 13.8. The fourth-order valence-corrected chi connectivity index (χ4v) is 3.56. The zero-order valence-corrected chi connectivity index (χ0v) is 14.0. The molecule has 128 valence electrons. The molecule has 0 aliphatic carbocycles. The van der Waals surface area contributed by atoms with Crippen LogP contribution in [0.25, 0.3) is 6.08 Å². The first-order valence-corrected chi connectivity index (χ1v) is 8.19. The number of thiocarbonyl (C=S) groups is 1. The van der Waals surface area contributed by atoms with Gasteiger partial charge in [0.15, 0.2) is 4.32 Å². The van der Waals surface area contributed by atoms with Gasteiger partial charge in [-0.3, -0.25) is 9.69 Å². The second-order valence-electron chi connectivity index (χ2n) is 5.12. The van der Waals surface area contributed by atoms with E-state index in [1.807, 2.05) is 0 Å². The van der Waals surface area contributed by atoms with Crippen LogP contribution in [0.4, 0.5) is 23.2 Å². The van der Waals surface area contributed by atoms with Crippen LogP contribution in [0.2, 0.25) is 0 Å². The van der Waals surface area contributed by atoms with Crippen LogP contribution >= 0.6 is 24.0 Å². The van der Waals surface area contributed by atoms with Crippen LogP contribution in [0.3, 0.4) is 0 Å². The van der Waals surface area contributed by atoms with Crippen molar-refractivity contribution >= 4 is 46.0 Å². The summed E-state index contributed by atoms with van der Waals surface area (Å²) in [6.07, 6.45) is -3.07. The Balaban J connectivity index is 1.95. The number of benzene rings is 2. The summed E-state index contributed by atoms with van der Waals surface area (Å²) in [5, 5.41) is 0. The van der Waals surface area contributed by atoms with Crippen molar-refractivity contribution in [3.05, 3.63) is 70.4 Å². The summed E-state index contributed by atoms with van der Waals surface area (Å²) in [7, 11) is 0. The van der Waals surface area contributed by atoms with Gasteiger partial charge in [0.2, 0.25) is 0 Å². The van der Waals surface area contributed by atoms with E-state index >= 15 is 0 Å². The molecule has 1 aliphatic heterocycles. The second kappa shape index (κ2) is 6.61. The van der Waals surface area contributed by atoms with Crippen molar-refractivity contribution in [1.29, 1.82) is 0 Å². The van der Waals surface area contributed by atoms with Crippen LogP contribution in [0.1, 0.15) is 11.1 Å². The first kappa shape index (κ1) is 17.6. The maximum atomic E-state index is 13.2. The second-order valence-corrected chi connectivity index (χ2v) is 6.80. The quantitative estimate of drug-likeness (QED) is 0.401. The third-order valence-corrected chi connectivity index (χ3v) is 4.67. The lowest BCUT2D eigenvalue weighted by Gasteiger charge is -2.16. The molecule has 0 aromatic heterocycles. The van der Waals surface area contributed by atoms with Crippen molar-refractivity contribution in [3.8, 4) is 0 Å². The third kappa shape index (κ3) is 3.74. The van der Waals surface area contributed by atoms with Gasteiger partial charge < -0.3 is 0 Å². The van der Waals surface area contributed by atoms with Gasteiger partial charge in [-0.05, 0) is 42.0 Å². The van der Waals surface area contributed by atoms with Crippen molar-refractivity contribution in [3.63, 3.8) is 0 Å². The molecule has 2 aromatic carbocycles. The Morgan fingerprint density at radius 1 is 1.08 bits per heavy atom. The van der Waals surface area contributed by atoms with Crippen LogP contribution < -0.4 is 4.90 Å². The number of hydrogen-bond acceptors (Lipinski definition) is 3. The van der Waals surface area contributed by atoms with Gasteiger partial charge in [0, 0.05) is 0 Å². The lowest BCUT2D eigenvalue weighted by atomic mass is 10.1. The van der Waals surface area contributed by atoms with Crippen LogP contribution in [0, 0.1) is 5.82 Å². The molecule has 0 saturated carbocycles. The van der Waals surface area contributed by atoms with Gasteiger partial charge in [-0.25, -0.2) is 4.39 Å². The van der Waals surface area contributed by atoms with Crippen LogP contribution in [0.15, 0.2) is 53.4 Å². The maximum absolute atomic E-state index is 13.2. The summed E-state index contributed by atoms with van der Waals surface area (Å²) < 4.78 is 52.0. The molecule has 3 rings (SSSR count). The Bertz CT molecular complexity index is 892. The molecule has 1 fully saturated rings. The number of carbonyl (C=O) groups excluding carboxylic acids is 1. The molecule has 0 radical (unpaired) electrons. The van der Waals surface area contributed by atoms with Crippen LogP contribution in [-0.2, 0) is 11.0 Å². The monoisotopic (exact) mass is 383 g/mol.